The van der Waals surface area contributed by atoms with E-state index in [9.17, 15) is 9.59 Å². The number of hydrogen-bond donors (Lipinski definition) is 0. The standard InChI is InChI=1S/C20H11BrCl2N2O3/c1-10(26)25-9-11(14-7-12(21)2-5-18(14)25)6-17-20(27)28-19(24-17)15-8-13(22)3-4-16(15)23/h2-9H,1H3. The van der Waals surface area contributed by atoms with Crippen molar-refractivity contribution < 1.29 is 14.3 Å². The molecule has 0 bridgehead atoms. The molecule has 0 aliphatic carbocycles. The molecule has 0 saturated heterocycles. The van der Waals surface area contributed by atoms with Gasteiger partial charge in [0.25, 0.3) is 0 Å². The lowest BCUT2D eigenvalue weighted by Crippen LogP contribution is -2.06. The zero-order valence-electron chi connectivity index (χ0n) is 14.4. The van der Waals surface area contributed by atoms with E-state index < -0.39 is 5.97 Å². The zero-order valence-corrected chi connectivity index (χ0v) is 17.5. The molecule has 0 saturated carbocycles. The number of esters is 1. The molecule has 0 fully saturated rings. The maximum atomic E-state index is 12.3. The highest BCUT2D eigenvalue weighted by Gasteiger charge is 2.26. The average molecular weight is 478 g/mol. The quantitative estimate of drug-likeness (QED) is 0.350. The van der Waals surface area contributed by atoms with Crippen LogP contribution >= 0.6 is 39.1 Å². The molecule has 1 aromatic heterocycles. The molecule has 0 atom stereocenters. The van der Waals surface area contributed by atoms with Gasteiger partial charge in [-0.15, -0.1) is 0 Å². The molecule has 0 N–H and O–H groups in total. The largest absolute Gasteiger partial charge is 0.402 e. The molecule has 28 heavy (non-hydrogen) atoms. The highest BCUT2D eigenvalue weighted by molar-refractivity contribution is 9.10. The summed E-state index contributed by atoms with van der Waals surface area (Å²) < 4.78 is 7.65. The lowest BCUT2D eigenvalue weighted by Gasteiger charge is -2.02. The fourth-order valence-corrected chi connectivity index (χ4v) is 3.67. The molecule has 2 heterocycles. The summed E-state index contributed by atoms with van der Waals surface area (Å²) in [6.07, 6.45) is 3.25. The highest BCUT2D eigenvalue weighted by Crippen LogP contribution is 2.30. The second-order valence-corrected chi connectivity index (χ2v) is 7.85. The van der Waals surface area contributed by atoms with E-state index >= 15 is 0 Å². The van der Waals surface area contributed by atoms with Crippen LogP contribution < -0.4 is 0 Å². The van der Waals surface area contributed by atoms with E-state index in [0.29, 0.717) is 21.2 Å². The third-order valence-corrected chi connectivity index (χ3v) is 5.27. The number of hydrogen-bond acceptors (Lipinski definition) is 4. The van der Waals surface area contributed by atoms with Gasteiger partial charge in [-0.3, -0.25) is 9.36 Å². The summed E-state index contributed by atoms with van der Waals surface area (Å²) in [6, 6.07) is 10.4. The monoisotopic (exact) mass is 476 g/mol. The maximum Gasteiger partial charge on any atom is 0.363 e. The van der Waals surface area contributed by atoms with E-state index in [1.807, 2.05) is 18.2 Å². The number of rotatable bonds is 2. The second kappa shape index (κ2) is 7.20. The first kappa shape index (κ1) is 18.9. The van der Waals surface area contributed by atoms with Gasteiger partial charge in [-0.1, -0.05) is 39.1 Å². The molecule has 1 aliphatic rings. The van der Waals surface area contributed by atoms with Crippen molar-refractivity contribution in [2.24, 2.45) is 4.99 Å². The van der Waals surface area contributed by atoms with Gasteiger partial charge >= 0.3 is 5.97 Å². The third-order valence-electron chi connectivity index (χ3n) is 4.21. The van der Waals surface area contributed by atoms with Crippen LogP contribution in [0.1, 0.15) is 22.8 Å². The fourth-order valence-electron chi connectivity index (χ4n) is 2.94. The first-order valence-corrected chi connectivity index (χ1v) is 9.68. The number of nitrogens with zero attached hydrogens (tertiary/aromatic N) is 2. The molecule has 1 aliphatic heterocycles. The number of benzene rings is 2. The lowest BCUT2D eigenvalue weighted by molar-refractivity contribution is -0.129. The van der Waals surface area contributed by atoms with E-state index in [-0.39, 0.29) is 17.5 Å². The topological polar surface area (TPSA) is 60.7 Å². The van der Waals surface area contributed by atoms with E-state index in [1.54, 1.807) is 30.5 Å². The van der Waals surface area contributed by atoms with Crippen LogP contribution in [0, 0.1) is 0 Å². The Kier molecular flexibility index (Phi) is 4.87. The van der Waals surface area contributed by atoms with Gasteiger partial charge in [0.1, 0.15) is 0 Å². The molecule has 0 unspecified atom stereocenters. The molecule has 0 spiro atoms. The van der Waals surface area contributed by atoms with Crippen LogP contribution in [-0.2, 0) is 9.53 Å². The Labute approximate surface area is 178 Å². The SMILES string of the molecule is CC(=O)n1cc(C=C2N=C(c3cc(Cl)ccc3Cl)OC2=O)c2cc(Br)ccc21. The number of cyclic esters (lactones) is 1. The summed E-state index contributed by atoms with van der Waals surface area (Å²) in [7, 11) is 0. The Morgan fingerprint density at radius 1 is 1.21 bits per heavy atom. The van der Waals surface area contributed by atoms with E-state index in [2.05, 4.69) is 20.9 Å². The van der Waals surface area contributed by atoms with Crippen molar-refractivity contribution in [3.63, 3.8) is 0 Å². The molecule has 140 valence electrons. The Bertz CT molecular complexity index is 1230. The minimum Gasteiger partial charge on any atom is -0.402 e. The van der Waals surface area contributed by atoms with Gasteiger partial charge in [0, 0.05) is 33.6 Å². The molecule has 2 aromatic carbocycles. The summed E-state index contributed by atoms with van der Waals surface area (Å²) in [6.45, 7) is 1.47. The highest BCUT2D eigenvalue weighted by atomic mass is 79.9. The van der Waals surface area contributed by atoms with Gasteiger partial charge in [0.15, 0.2) is 5.70 Å². The van der Waals surface area contributed by atoms with Crippen molar-refractivity contribution in [1.29, 1.82) is 0 Å². The molecular formula is C20H11BrCl2N2O3. The average Bonchev–Trinajstić information content (AvgIpc) is 3.18. The van der Waals surface area contributed by atoms with Gasteiger partial charge in [0.05, 0.1) is 16.1 Å². The van der Waals surface area contributed by atoms with Gasteiger partial charge < -0.3 is 4.74 Å². The van der Waals surface area contributed by atoms with Crippen LogP contribution in [0.3, 0.4) is 0 Å². The van der Waals surface area contributed by atoms with Crippen LogP contribution in [-0.4, -0.2) is 22.3 Å². The van der Waals surface area contributed by atoms with Crippen molar-refractivity contribution in [3.05, 3.63) is 73.9 Å². The number of carbonyl (C=O) groups excluding carboxylic acids is 2. The Morgan fingerprint density at radius 3 is 2.75 bits per heavy atom. The summed E-state index contributed by atoms with van der Waals surface area (Å²) in [5.41, 5.74) is 1.94. The number of carbonyl (C=O) groups is 2. The minimum absolute atomic E-state index is 0.0836. The Hall–Kier alpha value is -2.41. The van der Waals surface area contributed by atoms with Gasteiger partial charge in [-0.05, 0) is 42.5 Å². The number of ether oxygens (including phenoxy) is 1. The molecule has 5 nitrogen and oxygen atoms in total. The predicted molar refractivity (Wildman–Crippen MR) is 113 cm³/mol. The molecule has 8 heteroatoms. The zero-order chi connectivity index (χ0) is 20.0. The van der Waals surface area contributed by atoms with Crippen LogP contribution in [0.5, 0.6) is 0 Å². The van der Waals surface area contributed by atoms with Crippen molar-refractivity contribution in [2.75, 3.05) is 0 Å². The van der Waals surface area contributed by atoms with Gasteiger partial charge in [-0.2, -0.15) is 0 Å². The molecule has 3 aromatic rings. The summed E-state index contributed by atoms with van der Waals surface area (Å²) in [5, 5.41) is 1.62. The Balaban J connectivity index is 1.84. The molecule has 0 radical (unpaired) electrons. The molecule has 0 amide bonds. The van der Waals surface area contributed by atoms with Crippen LogP contribution in [0.4, 0.5) is 0 Å². The normalized spacial score (nSPS) is 15.2. The van der Waals surface area contributed by atoms with Crippen molar-refractivity contribution in [1.82, 2.24) is 4.57 Å². The summed E-state index contributed by atoms with van der Waals surface area (Å²) in [5.74, 6) is -0.661. The first-order valence-electron chi connectivity index (χ1n) is 8.13. The van der Waals surface area contributed by atoms with Gasteiger partial charge in [0.2, 0.25) is 11.8 Å². The number of fused-ring (bicyclic) bond motifs is 1. The third kappa shape index (κ3) is 3.39. The van der Waals surface area contributed by atoms with E-state index in [1.165, 1.54) is 11.5 Å². The second-order valence-electron chi connectivity index (χ2n) is 6.10. The summed E-state index contributed by atoms with van der Waals surface area (Å²) in [4.78, 5) is 28.6. The van der Waals surface area contributed by atoms with Gasteiger partial charge in [-0.25, -0.2) is 9.79 Å². The maximum absolute atomic E-state index is 12.3. The van der Waals surface area contributed by atoms with E-state index in [4.69, 9.17) is 27.9 Å². The fraction of sp³-hybridized carbons (Fsp3) is 0.0500. The molecular weight excluding hydrogens is 467 g/mol. The molecule has 4 rings (SSSR count). The first-order chi connectivity index (χ1) is 13.3. The van der Waals surface area contributed by atoms with Crippen molar-refractivity contribution in [3.8, 4) is 0 Å². The van der Waals surface area contributed by atoms with Crippen LogP contribution in [0.25, 0.3) is 17.0 Å². The number of aromatic nitrogens is 1. The number of halogens is 3. The van der Waals surface area contributed by atoms with Crippen LogP contribution in [0.15, 0.2) is 57.8 Å². The number of aliphatic imine (C=N–C) groups is 1. The van der Waals surface area contributed by atoms with E-state index in [0.717, 1.165) is 15.4 Å². The van der Waals surface area contributed by atoms with Crippen molar-refractivity contribution in [2.45, 2.75) is 6.92 Å². The lowest BCUT2D eigenvalue weighted by atomic mass is 10.1. The predicted octanol–water partition coefficient (Wildman–Crippen LogP) is 5.72. The summed E-state index contributed by atoms with van der Waals surface area (Å²) >= 11 is 15.6. The van der Waals surface area contributed by atoms with Crippen molar-refractivity contribution >= 4 is 73.9 Å². The van der Waals surface area contributed by atoms with Crippen LogP contribution in [0.2, 0.25) is 10.0 Å². The minimum atomic E-state index is -0.607. The smallest absolute Gasteiger partial charge is 0.363 e. The Morgan fingerprint density at radius 2 is 2.00 bits per heavy atom.